The second-order valence-electron chi connectivity index (χ2n) is 7.63. The number of ether oxygens (including phenoxy) is 1. The van der Waals surface area contributed by atoms with E-state index in [2.05, 4.69) is 20.4 Å². The van der Waals surface area contributed by atoms with Gasteiger partial charge >= 0.3 is 0 Å². The Balaban J connectivity index is 1.58. The first-order valence-corrected chi connectivity index (χ1v) is 10.2. The lowest BCUT2D eigenvalue weighted by Gasteiger charge is -2.15. The highest BCUT2D eigenvalue weighted by Gasteiger charge is 2.23. The highest BCUT2D eigenvalue weighted by atomic mass is 19.1. The van der Waals surface area contributed by atoms with Crippen LogP contribution in [0.25, 0.3) is 22.4 Å². The molecular weight excluding hydrogens is 416 g/mol. The number of para-hydroxylation sites is 1. The van der Waals surface area contributed by atoms with Crippen molar-refractivity contribution in [3.63, 3.8) is 0 Å². The van der Waals surface area contributed by atoms with Crippen molar-refractivity contribution in [2.24, 2.45) is 0 Å². The monoisotopic (exact) mass is 437 g/mol. The lowest BCUT2D eigenvalue weighted by molar-refractivity contribution is 0.195. The van der Waals surface area contributed by atoms with Gasteiger partial charge in [0.25, 0.3) is 0 Å². The third-order valence-electron chi connectivity index (χ3n) is 5.45. The van der Waals surface area contributed by atoms with Gasteiger partial charge in [0, 0.05) is 17.6 Å². The quantitative estimate of drug-likeness (QED) is 0.439. The molecule has 2 aromatic carbocycles. The summed E-state index contributed by atoms with van der Waals surface area (Å²) >= 11 is 0. The third kappa shape index (κ3) is 3.58. The van der Waals surface area contributed by atoms with Gasteiger partial charge in [0.2, 0.25) is 0 Å². The van der Waals surface area contributed by atoms with Crippen molar-refractivity contribution in [1.29, 1.82) is 0 Å². The number of nitrogens with zero attached hydrogens (tertiary/aromatic N) is 4. The van der Waals surface area contributed by atoms with Gasteiger partial charge in [-0.05, 0) is 18.6 Å². The molecule has 2 aromatic heterocycles. The lowest BCUT2D eigenvalue weighted by Crippen LogP contribution is -2.21. The van der Waals surface area contributed by atoms with Gasteiger partial charge in [-0.3, -0.25) is 4.68 Å². The Morgan fingerprint density at radius 1 is 1.03 bits per heavy atom. The fraction of sp³-hybridized carbons (Fsp3) is 0.227. The van der Waals surface area contributed by atoms with Crippen LogP contribution >= 0.6 is 0 Å². The number of hydrogen-bond acceptors (Lipinski definition) is 7. The van der Waals surface area contributed by atoms with Gasteiger partial charge in [0.1, 0.15) is 28.5 Å². The summed E-state index contributed by atoms with van der Waals surface area (Å²) in [6.07, 6.45) is 0.824. The molecule has 1 aliphatic heterocycles. The Morgan fingerprint density at radius 3 is 2.50 bits per heavy atom. The number of anilines is 3. The number of rotatable bonds is 5. The predicted octanol–water partition coefficient (Wildman–Crippen LogP) is 3.19. The van der Waals surface area contributed by atoms with Crippen LogP contribution in [0.5, 0.6) is 0 Å². The van der Waals surface area contributed by atoms with Crippen molar-refractivity contribution < 1.29 is 13.5 Å². The van der Waals surface area contributed by atoms with Crippen LogP contribution in [0.15, 0.2) is 42.5 Å². The van der Waals surface area contributed by atoms with Crippen LogP contribution in [-0.2, 0) is 11.3 Å². The van der Waals surface area contributed by atoms with Crippen LogP contribution in [0.1, 0.15) is 12.0 Å². The summed E-state index contributed by atoms with van der Waals surface area (Å²) in [7, 11) is 0. The molecule has 4 aromatic rings. The van der Waals surface area contributed by atoms with E-state index in [1.54, 1.807) is 30.3 Å². The molecule has 164 valence electrons. The molecule has 1 fully saturated rings. The van der Waals surface area contributed by atoms with Crippen molar-refractivity contribution in [2.75, 3.05) is 30.0 Å². The molecule has 5 N–H and O–H groups in total. The number of fused-ring (bicyclic) bond motifs is 1. The number of halogens is 2. The average molecular weight is 437 g/mol. The minimum Gasteiger partial charge on any atom is -0.382 e. The first-order valence-electron chi connectivity index (χ1n) is 10.2. The van der Waals surface area contributed by atoms with Gasteiger partial charge in [-0.25, -0.2) is 18.7 Å². The normalized spacial score (nSPS) is 16.0. The molecule has 0 amide bonds. The number of hydrogen-bond donors (Lipinski definition) is 3. The van der Waals surface area contributed by atoms with E-state index in [4.69, 9.17) is 16.2 Å². The van der Waals surface area contributed by atoms with Gasteiger partial charge in [0.05, 0.1) is 19.2 Å². The molecule has 1 saturated heterocycles. The minimum absolute atomic E-state index is 0.0381. The van der Waals surface area contributed by atoms with E-state index in [0.29, 0.717) is 35.5 Å². The summed E-state index contributed by atoms with van der Waals surface area (Å²) in [6, 6.07) is 11.0. The summed E-state index contributed by atoms with van der Waals surface area (Å²) in [5.74, 6) is -0.403. The molecule has 0 spiro atoms. The zero-order chi connectivity index (χ0) is 22.2. The van der Waals surface area contributed by atoms with Crippen molar-refractivity contribution in [3.8, 4) is 11.5 Å². The van der Waals surface area contributed by atoms with Crippen LogP contribution in [0.4, 0.5) is 26.1 Å². The van der Waals surface area contributed by atoms with Crippen LogP contribution in [0.3, 0.4) is 0 Å². The van der Waals surface area contributed by atoms with Crippen molar-refractivity contribution >= 4 is 28.2 Å². The minimum atomic E-state index is -0.488. The summed E-state index contributed by atoms with van der Waals surface area (Å²) in [5, 5.41) is 8.20. The molecule has 10 heteroatoms. The summed E-state index contributed by atoms with van der Waals surface area (Å²) in [6.45, 7) is 1.24. The second-order valence-corrected chi connectivity index (χ2v) is 7.63. The molecule has 1 atom stereocenters. The molecule has 1 aliphatic rings. The smallest absolute Gasteiger partial charge is 0.184 e. The molecule has 5 rings (SSSR count). The average Bonchev–Trinajstić information content (AvgIpc) is 3.41. The zero-order valence-electron chi connectivity index (χ0n) is 17.1. The van der Waals surface area contributed by atoms with E-state index in [1.807, 2.05) is 0 Å². The predicted molar refractivity (Wildman–Crippen MR) is 118 cm³/mol. The Labute approximate surface area is 182 Å². The van der Waals surface area contributed by atoms with Gasteiger partial charge in [-0.2, -0.15) is 5.10 Å². The van der Waals surface area contributed by atoms with E-state index < -0.39 is 11.6 Å². The first-order chi connectivity index (χ1) is 15.5. The Bertz CT molecular complexity index is 1280. The molecule has 32 heavy (non-hydrogen) atoms. The number of nitrogens with two attached hydrogens (primary N) is 2. The number of aromatic nitrogens is 4. The Morgan fingerprint density at radius 2 is 1.78 bits per heavy atom. The van der Waals surface area contributed by atoms with Crippen molar-refractivity contribution in [2.45, 2.75) is 19.0 Å². The standard InChI is InChI=1S/C22H21F2N7O/c23-15-6-2-1-4-12(15)10-31-19-14(5-3-7-16(19)24)17(30-31)22-28-20(25)18(21(26)29-22)27-13-8-9-32-11-13/h1-7,13,27H,8-11H2,(H4,25,26,28,29). The van der Waals surface area contributed by atoms with Crippen LogP contribution < -0.4 is 16.8 Å². The number of nitrogen functional groups attached to an aromatic ring is 2. The van der Waals surface area contributed by atoms with Crippen LogP contribution in [0, 0.1) is 11.6 Å². The van der Waals surface area contributed by atoms with Crippen LogP contribution in [0.2, 0.25) is 0 Å². The van der Waals surface area contributed by atoms with Gasteiger partial charge in [-0.1, -0.05) is 30.3 Å². The summed E-state index contributed by atoms with van der Waals surface area (Å²) in [5.41, 5.74) is 13.7. The number of benzene rings is 2. The maximum absolute atomic E-state index is 14.8. The molecule has 0 aliphatic carbocycles. The van der Waals surface area contributed by atoms with Crippen molar-refractivity contribution in [3.05, 3.63) is 59.7 Å². The van der Waals surface area contributed by atoms with Gasteiger partial charge in [0.15, 0.2) is 17.5 Å². The van der Waals surface area contributed by atoms with Crippen molar-refractivity contribution in [1.82, 2.24) is 19.7 Å². The maximum atomic E-state index is 14.8. The van der Waals surface area contributed by atoms with E-state index in [9.17, 15) is 8.78 Å². The highest BCUT2D eigenvalue weighted by molar-refractivity contribution is 5.93. The molecule has 8 nitrogen and oxygen atoms in total. The summed E-state index contributed by atoms with van der Waals surface area (Å²) in [4.78, 5) is 8.75. The first kappa shape index (κ1) is 20.1. The largest absolute Gasteiger partial charge is 0.382 e. The SMILES string of the molecule is Nc1nc(-c2nn(Cc3ccccc3F)c3c(F)cccc23)nc(N)c1NC1CCOC1. The molecule has 0 saturated carbocycles. The molecule has 0 bridgehead atoms. The lowest BCUT2D eigenvalue weighted by atomic mass is 10.1. The summed E-state index contributed by atoms with van der Waals surface area (Å²) < 4.78 is 35.7. The number of nitrogens with one attached hydrogen (secondary N) is 1. The van der Waals surface area contributed by atoms with Gasteiger partial charge in [-0.15, -0.1) is 0 Å². The van der Waals surface area contributed by atoms with E-state index in [1.165, 1.54) is 16.8 Å². The Hall–Kier alpha value is -3.79. The fourth-order valence-corrected chi connectivity index (χ4v) is 3.86. The highest BCUT2D eigenvalue weighted by Crippen LogP contribution is 2.32. The topological polar surface area (TPSA) is 117 Å². The van der Waals surface area contributed by atoms with E-state index in [-0.39, 0.29) is 35.6 Å². The Kier molecular flexibility index (Phi) is 5.06. The van der Waals surface area contributed by atoms with Gasteiger partial charge < -0.3 is 21.5 Å². The molecule has 3 heterocycles. The fourth-order valence-electron chi connectivity index (χ4n) is 3.86. The zero-order valence-corrected chi connectivity index (χ0v) is 17.1. The van der Waals surface area contributed by atoms with Crippen LogP contribution in [-0.4, -0.2) is 39.0 Å². The maximum Gasteiger partial charge on any atom is 0.184 e. The second kappa shape index (κ2) is 8.04. The third-order valence-corrected chi connectivity index (χ3v) is 5.45. The van der Waals surface area contributed by atoms with E-state index >= 15 is 0 Å². The van der Waals surface area contributed by atoms with E-state index in [0.717, 1.165) is 6.42 Å². The molecule has 0 radical (unpaired) electrons. The molecule has 1 unspecified atom stereocenters. The molecular formula is C22H21F2N7O.